The van der Waals surface area contributed by atoms with Gasteiger partial charge in [0.1, 0.15) is 11.6 Å². The van der Waals surface area contributed by atoms with Crippen LogP contribution in [0.15, 0.2) is 35.3 Å². The molecule has 0 unspecified atom stereocenters. The maximum atomic E-state index is 12.6. The van der Waals surface area contributed by atoms with Crippen molar-refractivity contribution in [2.45, 2.75) is 32.7 Å². The third-order valence-corrected chi connectivity index (χ3v) is 4.07. The zero-order chi connectivity index (χ0) is 16.4. The molecule has 0 fully saturated rings. The highest BCUT2D eigenvalue weighted by atomic mass is 16.2. The van der Waals surface area contributed by atoms with E-state index in [0.29, 0.717) is 18.5 Å². The van der Waals surface area contributed by atoms with Gasteiger partial charge in [-0.15, -0.1) is 0 Å². The van der Waals surface area contributed by atoms with Crippen LogP contribution >= 0.6 is 0 Å². The molecule has 6 nitrogen and oxygen atoms in total. The van der Waals surface area contributed by atoms with Gasteiger partial charge in [0.2, 0.25) is 5.91 Å². The number of rotatable bonds is 5. The van der Waals surface area contributed by atoms with Crippen LogP contribution in [0.25, 0.3) is 21.8 Å². The molecule has 1 amide bonds. The summed E-state index contributed by atoms with van der Waals surface area (Å²) in [4.78, 5) is 24.9. The van der Waals surface area contributed by atoms with Crippen LogP contribution < -0.4 is 10.9 Å². The number of hydrogen-bond acceptors (Lipinski definition) is 3. The van der Waals surface area contributed by atoms with Gasteiger partial charge in [0.25, 0.3) is 5.56 Å². The van der Waals surface area contributed by atoms with E-state index in [9.17, 15) is 9.59 Å². The highest BCUT2D eigenvalue weighted by molar-refractivity contribution is 6.08. The molecule has 2 aromatic heterocycles. The van der Waals surface area contributed by atoms with Gasteiger partial charge >= 0.3 is 0 Å². The van der Waals surface area contributed by atoms with Crippen LogP contribution in [0.2, 0.25) is 0 Å². The minimum Gasteiger partial charge on any atom is -0.354 e. The molecule has 2 heterocycles. The number of nitrogens with one attached hydrogen (secondary N) is 2. The third kappa shape index (κ3) is 2.50. The van der Waals surface area contributed by atoms with E-state index in [4.69, 9.17) is 0 Å². The average Bonchev–Trinajstić information content (AvgIpc) is 2.90. The van der Waals surface area contributed by atoms with E-state index in [2.05, 4.69) is 15.5 Å². The number of carbonyl (C=O) groups excluding carboxylic acids is 1. The molecule has 0 radical (unpaired) electrons. The van der Waals surface area contributed by atoms with Gasteiger partial charge in [-0.3, -0.25) is 9.59 Å². The van der Waals surface area contributed by atoms with E-state index in [0.717, 1.165) is 22.7 Å². The van der Waals surface area contributed by atoms with Crippen LogP contribution in [-0.4, -0.2) is 27.2 Å². The molecule has 23 heavy (non-hydrogen) atoms. The van der Waals surface area contributed by atoms with E-state index in [1.165, 1.54) is 0 Å². The monoisotopic (exact) mass is 312 g/mol. The SMILES string of the molecule is CCCNC(=O)[C@@H](CC)n1c2ccccc2c2cn[nH]c(=O)c21. The van der Waals surface area contributed by atoms with Crippen LogP contribution in [0.4, 0.5) is 0 Å². The van der Waals surface area contributed by atoms with Crippen LogP contribution in [-0.2, 0) is 4.79 Å². The van der Waals surface area contributed by atoms with E-state index >= 15 is 0 Å². The Labute approximate surface area is 133 Å². The summed E-state index contributed by atoms with van der Waals surface area (Å²) in [5.74, 6) is -0.0618. The Morgan fingerprint density at radius 2 is 2.09 bits per heavy atom. The molecule has 0 aliphatic heterocycles. The van der Waals surface area contributed by atoms with Crippen molar-refractivity contribution >= 4 is 27.7 Å². The molecular formula is C17H20N4O2. The first-order valence-electron chi connectivity index (χ1n) is 7.93. The molecule has 0 spiro atoms. The number of H-pyrrole nitrogens is 1. The van der Waals surface area contributed by atoms with Crippen molar-refractivity contribution < 1.29 is 4.79 Å². The number of amides is 1. The van der Waals surface area contributed by atoms with Gasteiger partial charge in [-0.05, 0) is 18.9 Å². The predicted octanol–water partition coefficient (Wildman–Crippen LogP) is 2.36. The first-order chi connectivity index (χ1) is 11.2. The van der Waals surface area contributed by atoms with Gasteiger partial charge in [-0.2, -0.15) is 5.10 Å². The van der Waals surface area contributed by atoms with Crippen molar-refractivity contribution in [2.24, 2.45) is 0 Å². The minimum atomic E-state index is -0.424. The lowest BCUT2D eigenvalue weighted by molar-refractivity contribution is -0.124. The summed E-state index contributed by atoms with van der Waals surface area (Å²) in [7, 11) is 0. The number of carbonyl (C=O) groups is 1. The van der Waals surface area contributed by atoms with Gasteiger partial charge in [-0.1, -0.05) is 32.0 Å². The maximum Gasteiger partial charge on any atom is 0.288 e. The summed E-state index contributed by atoms with van der Waals surface area (Å²) in [5, 5.41) is 11.0. The molecule has 3 aromatic rings. The van der Waals surface area contributed by atoms with Gasteiger partial charge < -0.3 is 9.88 Å². The first-order valence-corrected chi connectivity index (χ1v) is 7.93. The minimum absolute atomic E-state index is 0.0618. The fourth-order valence-electron chi connectivity index (χ4n) is 3.04. The van der Waals surface area contributed by atoms with E-state index in [-0.39, 0.29) is 11.5 Å². The highest BCUT2D eigenvalue weighted by Crippen LogP contribution is 2.30. The number of aromatic amines is 1. The fourth-order valence-corrected chi connectivity index (χ4v) is 3.04. The van der Waals surface area contributed by atoms with Crippen molar-refractivity contribution in [3.05, 3.63) is 40.8 Å². The zero-order valence-corrected chi connectivity index (χ0v) is 13.3. The normalized spacial score (nSPS) is 12.6. The molecule has 0 bridgehead atoms. The van der Waals surface area contributed by atoms with Crippen LogP contribution in [0.3, 0.4) is 0 Å². The van der Waals surface area contributed by atoms with Gasteiger partial charge in [0, 0.05) is 17.3 Å². The molecule has 6 heteroatoms. The van der Waals surface area contributed by atoms with Crippen molar-refractivity contribution in [3.63, 3.8) is 0 Å². The Morgan fingerprint density at radius 1 is 1.30 bits per heavy atom. The van der Waals surface area contributed by atoms with Crippen LogP contribution in [0.5, 0.6) is 0 Å². The Bertz CT molecular complexity index is 910. The Kier molecular flexibility index (Phi) is 4.14. The maximum absolute atomic E-state index is 12.6. The molecule has 0 saturated carbocycles. The van der Waals surface area contributed by atoms with Gasteiger partial charge in [0.05, 0.1) is 11.7 Å². The van der Waals surface area contributed by atoms with Crippen LogP contribution in [0.1, 0.15) is 32.7 Å². The van der Waals surface area contributed by atoms with Gasteiger partial charge in [0.15, 0.2) is 0 Å². The number of benzene rings is 1. The molecular weight excluding hydrogens is 292 g/mol. The Morgan fingerprint density at radius 3 is 2.83 bits per heavy atom. The summed E-state index contributed by atoms with van der Waals surface area (Å²) in [5.41, 5.74) is 1.10. The molecule has 1 atom stereocenters. The number of nitrogens with zero attached hydrogens (tertiary/aromatic N) is 2. The fraction of sp³-hybridized carbons (Fsp3) is 0.353. The second-order valence-corrected chi connectivity index (χ2v) is 5.56. The lowest BCUT2D eigenvalue weighted by Crippen LogP contribution is -2.33. The number of aromatic nitrogens is 3. The zero-order valence-electron chi connectivity index (χ0n) is 13.3. The molecule has 1 aromatic carbocycles. The summed E-state index contributed by atoms with van der Waals surface area (Å²) >= 11 is 0. The van der Waals surface area contributed by atoms with Crippen molar-refractivity contribution in [2.75, 3.05) is 6.54 Å². The van der Waals surface area contributed by atoms with E-state index in [1.54, 1.807) is 6.20 Å². The molecule has 120 valence electrons. The van der Waals surface area contributed by atoms with Crippen molar-refractivity contribution in [1.82, 2.24) is 20.1 Å². The predicted molar refractivity (Wildman–Crippen MR) is 90.5 cm³/mol. The quantitative estimate of drug-likeness (QED) is 0.759. The number of hydrogen-bond donors (Lipinski definition) is 2. The smallest absolute Gasteiger partial charge is 0.288 e. The number of para-hydroxylation sites is 1. The standard InChI is InChI=1S/C17H20N4O2/c1-3-9-18-16(22)13(4-2)21-14-8-6-5-7-11(14)12-10-19-20-17(23)15(12)21/h5-8,10,13H,3-4,9H2,1-2H3,(H,18,22)(H,20,23)/t13-/m1/s1. The lowest BCUT2D eigenvalue weighted by Gasteiger charge is -2.18. The summed E-state index contributed by atoms with van der Waals surface area (Å²) in [6, 6.07) is 7.30. The van der Waals surface area contributed by atoms with Crippen LogP contribution in [0, 0.1) is 0 Å². The van der Waals surface area contributed by atoms with Crippen molar-refractivity contribution in [1.29, 1.82) is 0 Å². The summed E-state index contributed by atoms with van der Waals surface area (Å²) in [6.45, 7) is 4.59. The average molecular weight is 312 g/mol. The van der Waals surface area contributed by atoms with Gasteiger partial charge in [-0.25, -0.2) is 5.10 Å². The van der Waals surface area contributed by atoms with Crippen molar-refractivity contribution in [3.8, 4) is 0 Å². The lowest BCUT2D eigenvalue weighted by atomic mass is 10.2. The second-order valence-electron chi connectivity index (χ2n) is 5.56. The Hall–Kier alpha value is -2.63. The molecule has 0 aliphatic carbocycles. The third-order valence-electron chi connectivity index (χ3n) is 4.07. The topological polar surface area (TPSA) is 79.8 Å². The largest absolute Gasteiger partial charge is 0.354 e. The molecule has 3 rings (SSSR count). The molecule has 2 N–H and O–H groups in total. The summed E-state index contributed by atoms with van der Waals surface area (Å²) < 4.78 is 1.84. The van der Waals surface area contributed by atoms with E-state index in [1.807, 2.05) is 42.7 Å². The molecule has 0 saturated heterocycles. The first kappa shape index (κ1) is 15.3. The highest BCUT2D eigenvalue weighted by Gasteiger charge is 2.24. The Balaban J connectivity index is 2.29. The summed E-state index contributed by atoms with van der Waals surface area (Å²) in [6.07, 6.45) is 3.12. The van der Waals surface area contributed by atoms with E-state index < -0.39 is 6.04 Å². The second kappa shape index (κ2) is 6.24. The number of fused-ring (bicyclic) bond motifs is 3. The molecule has 0 aliphatic rings.